The van der Waals surface area contributed by atoms with Crippen LogP contribution >= 0.6 is 0 Å². The fraction of sp³-hybridized carbons (Fsp3) is 0.750. The van der Waals surface area contributed by atoms with E-state index in [2.05, 4.69) is 5.32 Å². The fourth-order valence-electron chi connectivity index (χ4n) is 0.913. The third-order valence-electron chi connectivity index (χ3n) is 1.77. The number of carboxylic acids is 1. The Bertz CT molecular complexity index is 196. The monoisotopic (exact) mass is 203 g/mol. The summed E-state index contributed by atoms with van der Waals surface area (Å²) >= 11 is 0. The molecule has 0 saturated carbocycles. The quantitative estimate of drug-likeness (QED) is 0.381. The fourth-order valence-corrected chi connectivity index (χ4v) is 0.913. The normalized spacial score (nSPS) is 12.1. The van der Waals surface area contributed by atoms with Gasteiger partial charge in [-0.2, -0.15) is 0 Å². The largest absolute Gasteiger partial charge is 0.480 e. The Morgan fingerprint density at radius 2 is 2.00 bits per heavy atom. The second kappa shape index (κ2) is 7.28. The molecule has 6 heteroatoms. The van der Waals surface area contributed by atoms with E-state index in [4.69, 9.17) is 16.6 Å². The zero-order valence-electron chi connectivity index (χ0n) is 8.03. The molecule has 0 aliphatic heterocycles. The van der Waals surface area contributed by atoms with Crippen molar-refractivity contribution in [1.29, 1.82) is 0 Å². The molecule has 0 rings (SSSR count). The molecule has 0 unspecified atom stereocenters. The molecule has 0 radical (unpaired) electrons. The predicted molar refractivity (Wildman–Crippen MR) is 51.5 cm³/mol. The topological polar surface area (TPSA) is 118 Å². The molecule has 6 N–H and O–H groups in total. The summed E-state index contributed by atoms with van der Waals surface area (Å²) < 4.78 is 0. The van der Waals surface area contributed by atoms with Gasteiger partial charge < -0.3 is 21.9 Å². The minimum atomic E-state index is -0.990. The van der Waals surface area contributed by atoms with Crippen molar-refractivity contribution in [2.75, 3.05) is 13.1 Å². The number of carbonyl (C=O) groups excluding carboxylic acids is 1. The molecule has 0 aromatic rings. The highest BCUT2D eigenvalue weighted by atomic mass is 16.4. The smallest absolute Gasteiger partial charge is 0.320 e. The molecule has 1 atom stereocenters. The summed E-state index contributed by atoms with van der Waals surface area (Å²) in [5, 5.41) is 11.0. The summed E-state index contributed by atoms with van der Waals surface area (Å²) in [7, 11) is 0. The summed E-state index contributed by atoms with van der Waals surface area (Å²) in [5.74, 6) is -1.19. The maximum Gasteiger partial charge on any atom is 0.320 e. The molecular weight excluding hydrogens is 186 g/mol. The van der Waals surface area contributed by atoms with Crippen molar-refractivity contribution in [2.24, 2.45) is 11.5 Å². The average Bonchev–Trinajstić information content (AvgIpc) is 2.16. The number of unbranched alkanes of at least 4 members (excludes halogenated alkanes) is 1. The van der Waals surface area contributed by atoms with E-state index in [0.29, 0.717) is 25.8 Å². The van der Waals surface area contributed by atoms with Gasteiger partial charge in [-0.05, 0) is 19.3 Å². The molecule has 14 heavy (non-hydrogen) atoms. The van der Waals surface area contributed by atoms with Gasteiger partial charge in [0, 0.05) is 6.54 Å². The van der Waals surface area contributed by atoms with E-state index >= 15 is 0 Å². The van der Waals surface area contributed by atoms with Crippen LogP contribution in [0.1, 0.15) is 19.3 Å². The lowest BCUT2D eigenvalue weighted by Gasteiger charge is -2.06. The van der Waals surface area contributed by atoms with Gasteiger partial charge in [0.05, 0.1) is 6.54 Å². The first-order chi connectivity index (χ1) is 6.57. The summed E-state index contributed by atoms with van der Waals surface area (Å²) in [6, 6.07) is -0.805. The van der Waals surface area contributed by atoms with Crippen molar-refractivity contribution in [1.82, 2.24) is 5.32 Å². The first-order valence-corrected chi connectivity index (χ1v) is 4.53. The summed E-state index contributed by atoms with van der Waals surface area (Å²) in [6.45, 7) is 0.497. The number of carboxylic acid groups (broad SMARTS) is 1. The number of nitrogens with one attached hydrogen (secondary N) is 1. The van der Waals surface area contributed by atoms with Gasteiger partial charge in [-0.1, -0.05) is 0 Å². The van der Waals surface area contributed by atoms with Crippen LogP contribution in [0.25, 0.3) is 0 Å². The minimum Gasteiger partial charge on any atom is -0.480 e. The van der Waals surface area contributed by atoms with Gasteiger partial charge in [-0.25, -0.2) is 0 Å². The zero-order chi connectivity index (χ0) is 11.0. The van der Waals surface area contributed by atoms with Crippen LogP contribution in [0.5, 0.6) is 0 Å². The number of hydrogen-bond acceptors (Lipinski definition) is 4. The Morgan fingerprint density at radius 1 is 1.36 bits per heavy atom. The number of carbonyl (C=O) groups is 2. The lowest BCUT2D eigenvalue weighted by Crippen LogP contribution is -2.32. The lowest BCUT2D eigenvalue weighted by atomic mass is 10.1. The van der Waals surface area contributed by atoms with Gasteiger partial charge >= 0.3 is 5.97 Å². The van der Waals surface area contributed by atoms with Crippen LogP contribution in [0.2, 0.25) is 0 Å². The molecule has 0 aliphatic rings. The van der Waals surface area contributed by atoms with Gasteiger partial charge in [0.15, 0.2) is 0 Å². The second-order valence-corrected chi connectivity index (χ2v) is 2.99. The average molecular weight is 203 g/mol. The molecule has 0 saturated heterocycles. The minimum absolute atomic E-state index is 0.0192. The Morgan fingerprint density at radius 3 is 2.50 bits per heavy atom. The molecule has 82 valence electrons. The lowest BCUT2D eigenvalue weighted by molar-refractivity contribution is -0.138. The second-order valence-electron chi connectivity index (χ2n) is 2.99. The first kappa shape index (κ1) is 12.9. The highest BCUT2D eigenvalue weighted by Crippen LogP contribution is 1.97. The summed E-state index contributed by atoms with van der Waals surface area (Å²) in [5.41, 5.74) is 10.3. The molecular formula is C8H17N3O3. The molecule has 0 aromatic carbocycles. The standard InChI is InChI=1S/C8H17N3O3/c9-5-7(12)11-4-2-1-3-6(10)8(13)14/h6H,1-5,9-10H2,(H,11,12)(H,13,14)/t6-/m1/s1. The SMILES string of the molecule is NCC(=O)NCCCC[C@@H](N)C(=O)O. The Balaban J connectivity index is 3.30. The van der Waals surface area contributed by atoms with Gasteiger partial charge in [0.1, 0.15) is 6.04 Å². The van der Waals surface area contributed by atoms with Crippen LogP contribution in [0.15, 0.2) is 0 Å². The Hall–Kier alpha value is -1.14. The van der Waals surface area contributed by atoms with E-state index in [9.17, 15) is 9.59 Å². The van der Waals surface area contributed by atoms with Crippen molar-refractivity contribution in [3.63, 3.8) is 0 Å². The summed E-state index contributed by atoms with van der Waals surface area (Å²) in [6.07, 6.45) is 1.82. The molecule has 1 amide bonds. The van der Waals surface area contributed by atoms with Gasteiger partial charge in [-0.15, -0.1) is 0 Å². The molecule has 0 bridgehead atoms. The van der Waals surface area contributed by atoms with Crippen LogP contribution in [0.4, 0.5) is 0 Å². The maximum atomic E-state index is 10.7. The van der Waals surface area contributed by atoms with E-state index in [1.165, 1.54) is 0 Å². The Kier molecular flexibility index (Phi) is 6.69. The highest BCUT2D eigenvalue weighted by Gasteiger charge is 2.09. The number of hydrogen-bond donors (Lipinski definition) is 4. The van der Waals surface area contributed by atoms with Gasteiger partial charge in [-0.3, -0.25) is 9.59 Å². The number of amides is 1. The van der Waals surface area contributed by atoms with Crippen molar-refractivity contribution in [3.8, 4) is 0 Å². The van der Waals surface area contributed by atoms with E-state index in [1.54, 1.807) is 0 Å². The van der Waals surface area contributed by atoms with E-state index < -0.39 is 12.0 Å². The van der Waals surface area contributed by atoms with Crippen LogP contribution in [-0.4, -0.2) is 36.1 Å². The third-order valence-corrected chi connectivity index (χ3v) is 1.77. The van der Waals surface area contributed by atoms with E-state index in [0.717, 1.165) is 0 Å². The Labute approximate surface area is 82.6 Å². The van der Waals surface area contributed by atoms with Crippen LogP contribution < -0.4 is 16.8 Å². The molecule has 0 fully saturated rings. The number of rotatable bonds is 7. The van der Waals surface area contributed by atoms with Crippen molar-refractivity contribution >= 4 is 11.9 Å². The van der Waals surface area contributed by atoms with Crippen molar-refractivity contribution in [2.45, 2.75) is 25.3 Å². The first-order valence-electron chi connectivity index (χ1n) is 4.53. The van der Waals surface area contributed by atoms with Crippen molar-refractivity contribution in [3.05, 3.63) is 0 Å². The molecule has 0 heterocycles. The number of aliphatic carboxylic acids is 1. The van der Waals surface area contributed by atoms with Crippen LogP contribution in [0, 0.1) is 0 Å². The van der Waals surface area contributed by atoms with Crippen LogP contribution in [-0.2, 0) is 9.59 Å². The summed E-state index contributed by atoms with van der Waals surface area (Å²) in [4.78, 5) is 21.0. The maximum absolute atomic E-state index is 10.7. The van der Waals surface area contributed by atoms with Crippen molar-refractivity contribution < 1.29 is 14.7 Å². The molecule has 6 nitrogen and oxygen atoms in total. The predicted octanol–water partition coefficient (Wildman–Crippen LogP) is -1.36. The highest BCUT2D eigenvalue weighted by molar-refractivity contribution is 5.77. The molecule has 0 spiro atoms. The third kappa shape index (κ3) is 6.38. The zero-order valence-corrected chi connectivity index (χ0v) is 8.03. The van der Waals surface area contributed by atoms with E-state index in [1.807, 2.05) is 0 Å². The van der Waals surface area contributed by atoms with Gasteiger partial charge in [0.2, 0.25) is 5.91 Å². The number of nitrogens with two attached hydrogens (primary N) is 2. The molecule has 0 aliphatic carbocycles. The molecule has 0 aromatic heterocycles. The van der Waals surface area contributed by atoms with Crippen LogP contribution in [0.3, 0.4) is 0 Å². The van der Waals surface area contributed by atoms with Gasteiger partial charge in [0.25, 0.3) is 0 Å². The van der Waals surface area contributed by atoms with E-state index in [-0.39, 0.29) is 12.5 Å².